The van der Waals surface area contributed by atoms with Gasteiger partial charge in [-0.15, -0.1) is 35.3 Å². The van der Waals surface area contributed by atoms with Crippen molar-refractivity contribution in [1.82, 2.24) is 20.5 Å². The molecule has 1 amide bonds. The monoisotopic (exact) mass is 505 g/mol. The van der Waals surface area contributed by atoms with Crippen LogP contribution in [0.1, 0.15) is 57.2 Å². The molecule has 2 N–H and O–H groups in total. The SMILES string of the molecule is CN=C(NCc1nc(C(C)(C)C)cs1)NC1CCN(C(=O)C2CC2)CC1.I. The van der Waals surface area contributed by atoms with Gasteiger partial charge < -0.3 is 15.5 Å². The summed E-state index contributed by atoms with van der Waals surface area (Å²) in [6.07, 6.45) is 4.12. The second kappa shape index (κ2) is 9.54. The zero-order valence-electron chi connectivity index (χ0n) is 16.7. The number of carbonyl (C=O) groups is 1. The molecule has 0 aromatic carbocycles. The Labute approximate surface area is 183 Å². The van der Waals surface area contributed by atoms with E-state index in [1.54, 1.807) is 18.4 Å². The molecule has 0 radical (unpaired) electrons. The van der Waals surface area contributed by atoms with Gasteiger partial charge in [0.05, 0.1) is 12.2 Å². The predicted molar refractivity (Wildman–Crippen MR) is 122 cm³/mol. The lowest BCUT2D eigenvalue weighted by Gasteiger charge is -2.33. The molecule has 2 aliphatic rings. The Hall–Kier alpha value is -0.900. The van der Waals surface area contributed by atoms with E-state index in [1.165, 1.54) is 0 Å². The molecule has 2 heterocycles. The summed E-state index contributed by atoms with van der Waals surface area (Å²) < 4.78 is 0. The van der Waals surface area contributed by atoms with Crippen LogP contribution in [0.4, 0.5) is 0 Å². The summed E-state index contributed by atoms with van der Waals surface area (Å²) >= 11 is 1.69. The molecular weight excluding hydrogens is 473 g/mol. The molecule has 152 valence electrons. The summed E-state index contributed by atoms with van der Waals surface area (Å²) in [6.45, 7) is 8.93. The third-order valence-electron chi connectivity index (χ3n) is 5.02. The van der Waals surface area contributed by atoms with Crippen LogP contribution >= 0.6 is 35.3 Å². The highest BCUT2D eigenvalue weighted by atomic mass is 127. The van der Waals surface area contributed by atoms with Gasteiger partial charge >= 0.3 is 0 Å². The second-order valence-corrected chi connectivity index (χ2v) is 9.26. The Balaban J connectivity index is 0.00000261. The van der Waals surface area contributed by atoms with Crippen molar-refractivity contribution in [2.24, 2.45) is 10.9 Å². The van der Waals surface area contributed by atoms with Gasteiger partial charge in [0, 0.05) is 42.9 Å². The fourth-order valence-corrected chi connectivity index (χ4v) is 4.08. The van der Waals surface area contributed by atoms with Crippen molar-refractivity contribution in [3.63, 3.8) is 0 Å². The van der Waals surface area contributed by atoms with Crippen molar-refractivity contribution >= 4 is 47.2 Å². The van der Waals surface area contributed by atoms with Gasteiger partial charge in [0.2, 0.25) is 5.91 Å². The Morgan fingerprint density at radius 3 is 2.48 bits per heavy atom. The molecule has 1 aromatic heterocycles. The van der Waals surface area contributed by atoms with Crippen molar-refractivity contribution in [2.45, 2.75) is 64.5 Å². The van der Waals surface area contributed by atoms with Gasteiger partial charge in [0.1, 0.15) is 5.01 Å². The topological polar surface area (TPSA) is 69.6 Å². The number of thiazole rings is 1. The van der Waals surface area contributed by atoms with E-state index in [-0.39, 0.29) is 29.4 Å². The minimum atomic E-state index is 0. The van der Waals surface area contributed by atoms with Gasteiger partial charge in [-0.1, -0.05) is 20.8 Å². The van der Waals surface area contributed by atoms with E-state index >= 15 is 0 Å². The summed E-state index contributed by atoms with van der Waals surface area (Å²) in [5, 5.41) is 10.1. The highest BCUT2D eigenvalue weighted by Gasteiger charge is 2.35. The van der Waals surface area contributed by atoms with Gasteiger partial charge in [0.25, 0.3) is 0 Å². The van der Waals surface area contributed by atoms with E-state index in [1.807, 2.05) is 4.90 Å². The maximum absolute atomic E-state index is 12.1. The molecule has 2 fully saturated rings. The maximum atomic E-state index is 12.1. The summed E-state index contributed by atoms with van der Waals surface area (Å²) in [5.41, 5.74) is 1.22. The Bertz CT molecular complexity index is 657. The van der Waals surface area contributed by atoms with Crippen LogP contribution < -0.4 is 10.6 Å². The number of nitrogens with zero attached hydrogens (tertiary/aromatic N) is 3. The molecule has 3 rings (SSSR count). The second-order valence-electron chi connectivity index (χ2n) is 8.32. The summed E-state index contributed by atoms with van der Waals surface area (Å²) in [4.78, 5) is 23.2. The number of aromatic nitrogens is 1. The van der Waals surface area contributed by atoms with Gasteiger partial charge in [-0.05, 0) is 25.7 Å². The minimum absolute atomic E-state index is 0. The average molecular weight is 505 g/mol. The van der Waals surface area contributed by atoms with Gasteiger partial charge in [-0.25, -0.2) is 4.98 Å². The number of hydrogen-bond donors (Lipinski definition) is 2. The van der Waals surface area contributed by atoms with E-state index in [4.69, 9.17) is 4.98 Å². The Kier molecular flexibility index (Phi) is 7.91. The van der Waals surface area contributed by atoms with Crippen molar-refractivity contribution < 1.29 is 4.79 Å². The first-order valence-electron chi connectivity index (χ1n) is 9.57. The van der Waals surface area contributed by atoms with Crippen LogP contribution in [0.25, 0.3) is 0 Å². The van der Waals surface area contributed by atoms with E-state index in [2.05, 4.69) is 41.8 Å². The third-order valence-corrected chi connectivity index (χ3v) is 5.87. The number of aliphatic imine (C=N–C) groups is 1. The highest BCUT2D eigenvalue weighted by molar-refractivity contribution is 14.0. The number of nitrogens with one attached hydrogen (secondary N) is 2. The third kappa shape index (κ3) is 6.30. The molecule has 1 saturated carbocycles. The Morgan fingerprint density at radius 2 is 1.96 bits per heavy atom. The van der Waals surface area contributed by atoms with E-state index in [9.17, 15) is 4.79 Å². The summed E-state index contributed by atoms with van der Waals surface area (Å²) in [6, 6.07) is 0.367. The smallest absolute Gasteiger partial charge is 0.225 e. The van der Waals surface area contributed by atoms with Gasteiger partial charge in [-0.2, -0.15) is 0 Å². The normalized spacial score (nSPS) is 18.8. The first-order chi connectivity index (χ1) is 12.4. The van der Waals surface area contributed by atoms with Crippen molar-refractivity contribution in [3.05, 3.63) is 16.1 Å². The number of amides is 1. The van der Waals surface area contributed by atoms with Crippen LogP contribution in [-0.2, 0) is 16.8 Å². The molecule has 0 spiro atoms. The summed E-state index contributed by atoms with van der Waals surface area (Å²) in [7, 11) is 1.80. The molecule has 1 saturated heterocycles. The number of carbonyl (C=O) groups excluding carboxylic acids is 1. The number of halogens is 1. The number of likely N-dealkylation sites (tertiary alicyclic amines) is 1. The quantitative estimate of drug-likeness (QED) is 0.375. The van der Waals surface area contributed by atoms with E-state index < -0.39 is 0 Å². The molecule has 1 aromatic rings. The van der Waals surface area contributed by atoms with E-state index in [0.29, 0.717) is 24.4 Å². The number of guanidine groups is 1. The fourth-order valence-electron chi connectivity index (χ4n) is 3.12. The molecule has 27 heavy (non-hydrogen) atoms. The van der Waals surface area contributed by atoms with Crippen molar-refractivity contribution in [2.75, 3.05) is 20.1 Å². The van der Waals surface area contributed by atoms with Crippen LogP contribution in [0.5, 0.6) is 0 Å². The lowest BCUT2D eigenvalue weighted by atomic mass is 9.93. The standard InChI is InChI=1S/C19H31N5OS.HI/c1-19(2,3)15-12-26-16(23-15)11-21-18(20-4)22-14-7-9-24(10-8-14)17(25)13-5-6-13;/h12-14H,5-11H2,1-4H3,(H2,20,21,22);1H. The molecule has 0 bridgehead atoms. The molecule has 6 nitrogen and oxygen atoms in total. The summed E-state index contributed by atoms with van der Waals surface area (Å²) in [5.74, 6) is 1.50. The van der Waals surface area contributed by atoms with Crippen LogP contribution in [-0.4, -0.2) is 47.9 Å². The lowest BCUT2D eigenvalue weighted by Crippen LogP contribution is -2.49. The first kappa shape index (κ1) is 22.4. The molecule has 0 atom stereocenters. The molecule has 0 unspecified atom stereocenters. The average Bonchev–Trinajstić information content (AvgIpc) is 3.35. The van der Waals surface area contributed by atoms with Gasteiger partial charge in [0.15, 0.2) is 5.96 Å². The molecular formula is C19H32IN5OS. The van der Waals surface area contributed by atoms with Crippen LogP contribution in [0.2, 0.25) is 0 Å². The fraction of sp³-hybridized carbons (Fsp3) is 0.737. The van der Waals surface area contributed by atoms with E-state index in [0.717, 1.165) is 55.4 Å². The minimum Gasteiger partial charge on any atom is -0.354 e. The van der Waals surface area contributed by atoms with Crippen LogP contribution in [0, 0.1) is 5.92 Å². The molecule has 1 aliphatic carbocycles. The van der Waals surface area contributed by atoms with Gasteiger partial charge in [-0.3, -0.25) is 9.79 Å². The largest absolute Gasteiger partial charge is 0.354 e. The zero-order valence-corrected chi connectivity index (χ0v) is 19.9. The molecule has 8 heteroatoms. The van der Waals surface area contributed by atoms with Crippen LogP contribution in [0.15, 0.2) is 10.4 Å². The zero-order chi connectivity index (χ0) is 18.7. The van der Waals surface area contributed by atoms with Crippen molar-refractivity contribution in [1.29, 1.82) is 0 Å². The maximum Gasteiger partial charge on any atom is 0.225 e. The number of rotatable bonds is 4. The number of piperidine rings is 1. The predicted octanol–water partition coefficient (Wildman–Crippen LogP) is 3.12. The first-order valence-corrected chi connectivity index (χ1v) is 10.5. The number of hydrogen-bond acceptors (Lipinski definition) is 4. The lowest BCUT2D eigenvalue weighted by molar-refractivity contribution is -0.133. The highest BCUT2D eigenvalue weighted by Crippen LogP contribution is 2.31. The van der Waals surface area contributed by atoms with Crippen molar-refractivity contribution in [3.8, 4) is 0 Å². The van der Waals surface area contributed by atoms with Crippen LogP contribution in [0.3, 0.4) is 0 Å². The molecule has 1 aliphatic heterocycles. The Morgan fingerprint density at radius 1 is 1.30 bits per heavy atom.